The average molecular weight is 300 g/mol. The topological polar surface area (TPSA) is 75.3 Å². The fourth-order valence-electron chi connectivity index (χ4n) is 1.62. The first-order chi connectivity index (χ1) is 9.31. The zero-order valence-electron chi connectivity index (χ0n) is 11.1. The Hall–Kier alpha value is -1.73. The van der Waals surface area contributed by atoms with Crippen molar-refractivity contribution < 1.29 is 17.6 Å². The van der Waals surface area contributed by atoms with Crippen molar-refractivity contribution in [3.8, 4) is 0 Å². The Morgan fingerprint density at radius 3 is 2.50 bits per heavy atom. The number of carbonyl (C=O) groups is 1. The van der Waals surface area contributed by atoms with Crippen LogP contribution in [-0.2, 0) is 14.8 Å². The van der Waals surface area contributed by atoms with Crippen molar-refractivity contribution in [3.63, 3.8) is 0 Å². The molecule has 1 aromatic rings. The van der Waals surface area contributed by atoms with Gasteiger partial charge in [-0.05, 0) is 17.7 Å². The number of halogens is 1. The summed E-state index contributed by atoms with van der Waals surface area (Å²) in [6.07, 6.45) is 2.45. The molecule has 7 heteroatoms. The first-order valence-corrected chi connectivity index (χ1v) is 7.81. The summed E-state index contributed by atoms with van der Waals surface area (Å²) in [7, 11) is -3.49. The Bertz CT molecular complexity index is 570. The van der Waals surface area contributed by atoms with Gasteiger partial charge >= 0.3 is 0 Å². The highest BCUT2D eigenvalue weighted by atomic mass is 32.2. The van der Waals surface area contributed by atoms with Crippen LogP contribution in [0.1, 0.15) is 18.0 Å². The third-order valence-electron chi connectivity index (χ3n) is 2.46. The summed E-state index contributed by atoms with van der Waals surface area (Å²) in [6, 6.07) is 4.58. The van der Waals surface area contributed by atoms with Crippen LogP contribution in [0.5, 0.6) is 0 Å². The van der Waals surface area contributed by atoms with Gasteiger partial charge in [0, 0.05) is 13.0 Å². The lowest BCUT2D eigenvalue weighted by Crippen LogP contribution is -2.33. The summed E-state index contributed by atoms with van der Waals surface area (Å²) in [5.41, 5.74) is 0.519. The van der Waals surface area contributed by atoms with Crippen molar-refractivity contribution in [2.24, 2.45) is 0 Å². The molecule has 2 N–H and O–H groups in total. The molecule has 1 rings (SSSR count). The second-order valence-corrected chi connectivity index (χ2v) is 6.07. The standard InChI is InChI=1S/C13H17FN2O3S/c1-3-8-15-13(17)9-12(16-20(2,18)19)10-4-6-11(14)7-5-10/h3-7,12,16H,1,8-9H2,2H3,(H,15,17)/t12-/m1/s1. The molecule has 5 nitrogen and oxygen atoms in total. The number of hydrogen-bond donors (Lipinski definition) is 2. The number of amides is 1. The Labute approximate surface area is 117 Å². The van der Waals surface area contributed by atoms with Crippen LogP contribution >= 0.6 is 0 Å². The van der Waals surface area contributed by atoms with E-state index in [-0.39, 0.29) is 12.3 Å². The van der Waals surface area contributed by atoms with Gasteiger partial charge in [0.2, 0.25) is 15.9 Å². The third-order valence-corrected chi connectivity index (χ3v) is 3.17. The highest BCUT2D eigenvalue weighted by molar-refractivity contribution is 7.88. The van der Waals surface area contributed by atoms with Crippen molar-refractivity contribution in [3.05, 3.63) is 48.3 Å². The molecule has 20 heavy (non-hydrogen) atoms. The number of rotatable bonds is 7. The summed E-state index contributed by atoms with van der Waals surface area (Å²) in [5, 5.41) is 2.56. The molecule has 0 heterocycles. The first kappa shape index (κ1) is 16.3. The number of carbonyl (C=O) groups excluding carboxylic acids is 1. The highest BCUT2D eigenvalue weighted by Crippen LogP contribution is 2.18. The van der Waals surface area contributed by atoms with Gasteiger partial charge < -0.3 is 5.32 Å². The maximum Gasteiger partial charge on any atom is 0.222 e. The molecular formula is C13H17FN2O3S. The Balaban J connectivity index is 2.87. The average Bonchev–Trinajstić information content (AvgIpc) is 2.35. The van der Waals surface area contributed by atoms with E-state index in [2.05, 4.69) is 16.6 Å². The summed E-state index contributed by atoms with van der Waals surface area (Å²) in [4.78, 5) is 11.7. The zero-order chi connectivity index (χ0) is 15.2. The van der Waals surface area contributed by atoms with Crippen LogP contribution < -0.4 is 10.0 Å². The largest absolute Gasteiger partial charge is 0.353 e. The molecule has 1 aromatic carbocycles. The molecule has 0 bridgehead atoms. The molecule has 0 aliphatic carbocycles. The van der Waals surface area contributed by atoms with Gasteiger partial charge in [-0.3, -0.25) is 4.79 Å². The third kappa shape index (κ3) is 5.94. The normalized spacial score (nSPS) is 12.7. The quantitative estimate of drug-likeness (QED) is 0.741. The SMILES string of the molecule is C=CCNC(=O)C[C@@H](NS(C)(=O)=O)c1ccc(F)cc1. The van der Waals surface area contributed by atoms with Crippen molar-refractivity contribution in [2.45, 2.75) is 12.5 Å². The van der Waals surface area contributed by atoms with E-state index in [4.69, 9.17) is 0 Å². The van der Waals surface area contributed by atoms with Gasteiger partial charge in [-0.2, -0.15) is 0 Å². The van der Waals surface area contributed by atoms with Crippen LogP contribution in [-0.4, -0.2) is 27.1 Å². The van der Waals surface area contributed by atoms with E-state index in [1.807, 2.05) is 0 Å². The van der Waals surface area contributed by atoms with Gasteiger partial charge in [0.15, 0.2) is 0 Å². The molecule has 110 valence electrons. The molecule has 0 radical (unpaired) electrons. The maximum absolute atomic E-state index is 12.9. The number of sulfonamides is 1. The summed E-state index contributed by atoms with van der Waals surface area (Å²) in [6.45, 7) is 3.77. The van der Waals surface area contributed by atoms with Gasteiger partial charge in [-0.1, -0.05) is 18.2 Å². The van der Waals surface area contributed by atoms with Crippen molar-refractivity contribution in [1.82, 2.24) is 10.0 Å². The van der Waals surface area contributed by atoms with E-state index in [1.165, 1.54) is 30.3 Å². The van der Waals surface area contributed by atoms with Crippen LogP contribution in [0.25, 0.3) is 0 Å². The fraction of sp³-hybridized carbons (Fsp3) is 0.308. The van der Waals surface area contributed by atoms with E-state index in [0.717, 1.165) is 6.26 Å². The second kappa shape index (κ2) is 7.16. The van der Waals surface area contributed by atoms with Crippen LogP contribution in [0.2, 0.25) is 0 Å². The molecule has 0 saturated carbocycles. The Kier molecular flexibility index (Phi) is 5.84. The molecule has 0 aliphatic rings. The number of hydrogen-bond acceptors (Lipinski definition) is 3. The molecule has 0 aromatic heterocycles. The predicted octanol–water partition coefficient (Wildman–Crippen LogP) is 1.11. The second-order valence-electron chi connectivity index (χ2n) is 4.29. The van der Waals surface area contributed by atoms with Gasteiger partial charge in [-0.25, -0.2) is 17.5 Å². The van der Waals surface area contributed by atoms with Crippen molar-refractivity contribution >= 4 is 15.9 Å². The summed E-state index contributed by atoms with van der Waals surface area (Å²) in [5.74, 6) is -0.752. The Morgan fingerprint density at radius 2 is 2.00 bits per heavy atom. The molecular weight excluding hydrogens is 283 g/mol. The van der Waals surface area contributed by atoms with Crippen molar-refractivity contribution in [1.29, 1.82) is 0 Å². The van der Waals surface area contributed by atoms with Crippen molar-refractivity contribution in [2.75, 3.05) is 12.8 Å². The van der Waals surface area contributed by atoms with E-state index >= 15 is 0 Å². The zero-order valence-corrected chi connectivity index (χ0v) is 11.9. The Morgan fingerprint density at radius 1 is 1.40 bits per heavy atom. The summed E-state index contributed by atoms with van der Waals surface area (Å²) >= 11 is 0. The van der Waals surface area contributed by atoms with E-state index in [0.29, 0.717) is 12.1 Å². The van der Waals surface area contributed by atoms with Gasteiger partial charge in [0.1, 0.15) is 5.82 Å². The predicted molar refractivity (Wildman–Crippen MR) is 74.9 cm³/mol. The number of benzene rings is 1. The van der Waals surface area contributed by atoms with Gasteiger partial charge in [0.25, 0.3) is 0 Å². The minimum absolute atomic E-state index is 0.0768. The molecule has 0 fully saturated rings. The lowest BCUT2D eigenvalue weighted by molar-refractivity contribution is -0.121. The monoisotopic (exact) mass is 300 g/mol. The molecule has 0 unspecified atom stereocenters. The van der Waals surface area contributed by atoms with Crippen LogP contribution in [0.3, 0.4) is 0 Å². The smallest absolute Gasteiger partial charge is 0.222 e. The highest BCUT2D eigenvalue weighted by Gasteiger charge is 2.19. The van der Waals surface area contributed by atoms with Crippen LogP contribution in [0.4, 0.5) is 4.39 Å². The fourth-order valence-corrected chi connectivity index (χ4v) is 2.36. The molecule has 1 amide bonds. The summed E-state index contributed by atoms with van der Waals surface area (Å²) < 4.78 is 37.9. The minimum Gasteiger partial charge on any atom is -0.353 e. The molecule has 1 atom stereocenters. The van der Waals surface area contributed by atoms with Gasteiger partial charge in [0.05, 0.1) is 12.3 Å². The number of nitrogens with one attached hydrogen (secondary N) is 2. The van der Waals surface area contributed by atoms with E-state index in [9.17, 15) is 17.6 Å². The van der Waals surface area contributed by atoms with E-state index < -0.39 is 21.9 Å². The van der Waals surface area contributed by atoms with E-state index in [1.54, 1.807) is 0 Å². The van der Waals surface area contributed by atoms with Crippen LogP contribution in [0, 0.1) is 5.82 Å². The maximum atomic E-state index is 12.9. The molecule has 0 spiro atoms. The van der Waals surface area contributed by atoms with Gasteiger partial charge in [-0.15, -0.1) is 6.58 Å². The molecule has 0 saturated heterocycles. The lowest BCUT2D eigenvalue weighted by Gasteiger charge is -2.17. The minimum atomic E-state index is -3.49. The molecule has 0 aliphatic heterocycles. The first-order valence-electron chi connectivity index (χ1n) is 5.92. The van der Waals surface area contributed by atoms with Crippen LogP contribution in [0.15, 0.2) is 36.9 Å². The lowest BCUT2D eigenvalue weighted by atomic mass is 10.0.